The number of carbonyl (C=O) groups excluding carboxylic acids is 1. The Bertz CT molecular complexity index is 773. The highest BCUT2D eigenvalue weighted by Crippen LogP contribution is 2.34. The summed E-state index contributed by atoms with van der Waals surface area (Å²) in [6.07, 6.45) is 0.222. The summed E-state index contributed by atoms with van der Waals surface area (Å²) in [4.78, 5) is 31.5. The summed E-state index contributed by atoms with van der Waals surface area (Å²) in [6.45, 7) is 1.97. The molecule has 1 unspecified atom stereocenters. The Morgan fingerprint density at radius 1 is 1.32 bits per heavy atom. The highest BCUT2D eigenvalue weighted by molar-refractivity contribution is 7.99. The number of halogens is 1. The van der Waals surface area contributed by atoms with Crippen molar-refractivity contribution >= 4 is 35.1 Å². The molecule has 1 aliphatic rings. The van der Waals surface area contributed by atoms with E-state index in [-0.39, 0.29) is 23.8 Å². The molecular weight excluding hydrogens is 322 g/mol. The SMILES string of the molecule is CCSc1nc2c(c(=O)[nH]1)C(c1ccc(Cl)cc1)CC(=O)N2. The van der Waals surface area contributed by atoms with Gasteiger partial charge in [0.1, 0.15) is 5.82 Å². The van der Waals surface area contributed by atoms with Crippen LogP contribution in [0.4, 0.5) is 5.82 Å². The van der Waals surface area contributed by atoms with Crippen LogP contribution in [0.25, 0.3) is 0 Å². The molecule has 1 aromatic heterocycles. The zero-order valence-corrected chi connectivity index (χ0v) is 13.4. The van der Waals surface area contributed by atoms with Gasteiger partial charge in [-0.1, -0.05) is 42.4 Å². The number of nitrogens with zero attached hydrogens (tertiary/aromatic N) is 1. The predicted molar refractivity (Wildman–Crippen MR) is 87.8 cm³/mol. The summed E-state index contributed by atoms with van der Waals surface area (Å²) in [6, 6.07) is 7.19. The number of H-pyrrole nitrogens is 1. The average Bonchev–Trinajstić information content (AvgIpc) is 2.47. The highest BCUT2D eigenvalue weighted by Gasteiger charge is 2.30. The van der Waals surface area contributed by atoms with Crippen molar-refractivity contribution in [1.82, 2.24) is 9.97 Å². The molecule has 1 aliphatic heterocycles. The van der Waals surface area contributed by atoms with E-state index in [1.54, 1.807) is 12.1 Å². The van der Waals surface area contributed by atoms with E-state index in [1.165, 1.54) is 11.8 Å². The van der Waals surface area contributed by atoms with Gasteiger partial charge in [0.05, 0.1) is 5.56 Å². The maximum absolute atomic E-state index is 12.4. The fourth-order valence-corrected chi connectivity index (χ4v) is 3.26. The van der Waals surface area contributed by atoms with Crippen molar-refractivity contribution in [1.29, 1.82) is 0 Å². The van der Waals surface area contributed by atoms with Gasteiger partial charge in [0.2, 0.25) is 5.91 Å². The minimum absolute atomic E-state index is 0.141. The van der Waals surface area contributed by atoms with Gasteiger partial charge in [-0.25, -0.2) is 4.98 Å². The molecule has 5 nitrogen and oxygen atoms in total. The number of hydrogen-bond donors (Lipinski definition) is 2. The van der Waals surface area contributed by atoms with Crippen molar-refractivity contribution in [3.8, 4) is 0 Å². The van der Waals surface area contributed by atoms with E-state index in [1.807, 2.05) is 19.1 Å². The fraction of sp³-hybridized carbons (Fsp3) is 0.267. The van der Waals surface area contributed by atoms with Crippen LogP contribution >= 0.6 is 23.4 Å². The molecule has 0 saturated heterocycles. The third-order valence-electron chi connectivity index (χ3n) is 3.48. The van der Waals surface area contributed by atoms with Crippen molar-refractivity contribution in [2.45, 2.75) is 24.4 Å². The minimum Gasteiger partial charge on any atom is -0.310 e. The molecular formula is C15H14ClN3O2S. The second kappa shape index (κ2) is 6.14. The third kappa shape index (κ3) is 2.89. The number of fused-ring (bicyclic) bond motifs is 1. The molecule has 2 N–H and O–H groups in total. The first kappa shape index (κ1) is 15.1. The maximum Gasteiger partial charge on any atom is 0.257 e. The third-order valence-corrected chi connectivity index (χ3v) is 4.49. The first-order chi connectivity index (χ1) is 10.6. The lowest BCUT2D eigenvalue weighted by molar-refractivity contribution is -0.116. The molecule has 3 rings (SSSR count). The van der Waals surface area contributed by atoms with Crippen LogP contribution in [-0.4, -0.2) is 21.6 Å². The zero-order chi connectivity index (χ0) is 15.7. The van der Waals surface area contributed by atoms with Gasteiger partial charge in [-0.2, -0.15) is 0 Å². The van der Waals surface area contributed by atoms with Crippen molar-refractivity contribution in [2.24, 2.45) is 0 Å². The van der Waals surface area contributed by atoms with E-state index < -0.39 is 0 Å². The number of benzene rings is 1. The first-order valence-electron chi connectivity index (χ1n) is 6.90. The van der Waals surface area contributed by atoms with E-state index in [2.05, 4.69) is 15.3 Å². The number of anilines is 1. The van der Waals surface area contributed by atoms with Gasteiger partial charge in [-0.3, -0.25) is 9.59 Å². The topological polar surface area (TPSA) is 74.8 Å². The lowest BCUT2D eigenvalue weighted by Crippen LogP contribution is -2.31. The van der Waals surface area contributed by atoms with Crippen LogP contribution in [0, 0.1) is 0 Å². The number of amides is 1. The lowest BCUT2D eigenvalue weighted by Gasteiger charge is -2.24. The Labute approximate surface area is 136 Å². The molecule has 0 aliphatic carbocycles. The molecule has 0 fully saturated rings. The summed E-state index contributed by atoms with van der Waals surface area (Å²) in [5.41, 5.74) is 1.17. The minimum atomic E-state index is -0.307. The van der Waals surface area contributed by atoms with E-state index in [0.29, 0.717) is 21.6 Å². The van der Waals surface area contributed by atoms with Crippen molar-refractivity contribution in [3.05, 3.63) is 50.8 Å². The molecule has 0 bridgehead atoms. The van der Waals surface area contributed by atoms with Crippen LogP contribution in [0.15, 0.2) is 34.2 Å². The van der Waals surface area contributed by atoms with Gasteiger partial charge in [-0.15, -0.1) is 0 Å². The standard InChI is InChI=1S/C15H14ClN3O2S/c1-2-22-15-18-13-12(14(21)19-15)10(7-11(20)17-13)8-3-5-9(16)6-4-8/h3-6,10H,2,7H2,1H3,(H2,17,18,19,20,21). The Balaban J connectivity index is 2.11. The molecule has 22 heavy (non-hydrogen) atoms. The quantitative estimate of drug-likeness (QED) is 0.668. The largest absolute Gasteiger partial charge is 0.310 e. The van der Waals surface area contributed by atoms with E-state index in [0.717, 1.165) is 11.3 Å². The molecule has 114 valence electrons. The fourth-order valence-electron chi connectivity index (χ4n) is 2.54. The average molecular weight is 336 g/mol. The smallest absolute Gasteiger partial charge is 0.257 e. The van der Waals surface area contributed by atoms with Crippen LogP contribution in [-0.2, 0) is 4.79 Å². The molecule has 0 radical (unpaired) electrons. The summed E-state index contributed by atoms with van der Waals surface area (Å²) in [5, 5.41) is 3.83. The summed E-state index contributed by atoms with van der Waals surface area (Å²) >= 11 is 7.33. The van der Waals surface area contributed by atoms with Gasteiger partial charge in [0.15, 0.2) is 5.16 Å². The number of hydrogen-bond acceptors (Lipinski definition) is 4. The van der Waals surface area contributed by atoms with Crippen molar-refractivity contribution < 1.29 is 4.79 Å². The number of nitrogens with one attached hydrogen (secondary N) is 2. The van der Waals surface area contributed by atoms with E-state index >= 15 is 0 Å². The second-order valence-corrected chi connectivity index (χ2v) is 6.61. The van der Waals surface area contributed by atoms with Crippen LogP contribution in [0.3, 0.4) is 0 Å². The van der Waals surface area contributed by atoms with Crippen molar-refractivity contribution in [3.63, 3.8) is 0 Å². The molecule has 1 atom stereocenters. The Kier molecular flexibility index (Phi) is 4.22. The Morgan fingerprint density at radius 3 is 2.73 bits per heavy atom. The molecule has 7 heteroatoms. The molecule has 2 aromatic rings. The van der Waals surface area contributed by atoms with Gasteiger partial charge >= 0.3 is 0 Å². The van der Waals surface area contributed by atoms with E-state index in [9.17, 15) is 9.59 Å². The molecule has 1 aromatic carbocycles. The molecule has 0 spiro atoms. The maximum atomic E-state index is 12.4. The van der Waals surface area contributed by atoms with Crippen molar-refractivity contribution in [2.75, 3.05) is 11.1 Å². The number of carbonyl (C=O) groups is 1. The number of aromatic amines is 1. The van der Waals surface area contributed by atoms with Gasteiger partial charge in [-0.05, 0) is 23.4 Å². The Morgan fingerprint density at radius 2 is 2.05 bits per heavy atom. The first-order valence-corrected chi connectivity index (χ1v) is 8.27. The van der Waals surface area contributed by atoms with Gasteiger partial charge in [0, 0.05) is 17.4 Å². The van der Waals surface area contributed by atoms with Crippen LogP contribution in [0.2, 0.25) is 5.02 Å². The second-order valence-electron chi connectivity index (χ2n) is 4.92. The number of rotatable bonds is 3. The van der Waals surface area contributed by atoms with Crippen LogP contribution in [0.5, 0.6) is 0 Å². The summed E-state index contributed by atoms with van der Waals surface area (Å²) < 4.78 is 0. The Hall–Kier alpha value is -1.79. The van der Waals surface area contributed by atoms with Crippen LogP contribution < -0.4 is 10.9 Å². The molecule has 0 saturated carbocycles. The monoisotopic (exact) mass is 335 g/mol. The predicted octanol–water partition coefficient (Wildman–Crippen LogP) is 3.01. The summed E-state index contributed by atoms with van der Waals surface area (Å²) in [7, 11) is 0. The molecule has 1 amide bonds. The van der Waals surface area contributed by atoms with Crippen LogP contribution in [0.1, 0.15) is 30.4 Å². The van der Waals surface area contributed by atoms with E-state index in [4.69, 9.17) is 11.6 Å². The number of aromatic nitrogens is 2. The van der Waals surface area contributed by atoms with Gasteiger partial charge < -0.3 is 10.3 Å². The normalized spacial score (nSPS) is 17.0. The highest BCUT2D eigenvalue weighted by atomic mass is 35.5. The lowest BCUT2D eigenvalue weighted by atomic mass is 9.87. The zero-order valence-electron chi connectivity index (χ0n) is 11.9. The van der Waals surface area contributed by atoms with Gasteiger partial charge in [0.25, 0.3) is 5.56 Å². The summed E-state index contributed by atoms with van der Waals surface area (Å²) in [5.74, 6) is 0.697. The molecule has 2 heterocycles. The number of thioether (sulfide) groups is 1.